The van der Waals surface area contributed by atoms with Crippen molar-refractivity contribution in [3.05, 3.63) is 18.7 Å². The summed E-state index contributed by atoms with van der Waals surface area (Å²) in [4.78, 5) is 17.7. The SMILES string of the molecule is CN(CCC1CCOCC1)C(=O)Cn1ccnc1. The molecule has 0 aromatic carbocycles. The van der Waals surface area contributed by atoms with E-state index >= 15 is 0 Å². The Labute approximate surface area is 108 Å². The van der Waals surface area contributed by atoms with Crippen LogP contribution in [0.15, 0.2) is 18.7 Å². The maximum atomic E-state index is 11.9. The lowest BCUT2D eigenvalue weighted by Crippen LogP contribution is -2.32. The molecule has 1 amide bonds. The van der Waals surface area contributed by atoms with Gasteiger partial charge in [-0.15, -0.1) is 0 Å². The van der Waals surface area contributed by atoms with Crippen LogP contribution < -0.4 is 0 Å². The molecule has 5 heteroatoms. The molecule has 2 rings (SSSR count). The fourth-order valence-corrected chi connectivity index (χ4v) is 2.19. The average molecular weight is 251 g/mol. The van der Waals surface area contributed by atoms with E-state index in [4.69, 9.17) is 4.74 Å². The third kappa shape index (κ3) is 3.84. The normalized spacial score (nSPS) is 16.7. The van der Waals surface area contributed by atoms with Gasteiger partial charge in [0.1, 0.15) is 6.54 Å². The van der Waals surface area contributed by atoms with E-state index in [2.05, 4.69) is 4.98 Å². The van der Waals surface area contributed by atoms with Crippen molar-refractivity contribution in [1.82, 2.24) is 14.5 Å². The number of carbonyl (C=O) groups is 1. The van der Waals surface area contributed by atoms with Crippen molar-refractivity contribution in [2.24, 2.45) is 5.92 Å². The third-order valence-electron chi connectivity index (χ3n) is 3.52. The topological polar surface area (TPSA) is 47.4 Å². The van der Waals surface area contributed by atoms with Gasteiger partial charge in [-0.05, 0) is 25.2 Å². The molecule has 1 aromatic heterocycles. The van der Waals surface area contributed by atoms with E-state index in [9.17, 15) is 4.79 Å². The van der Waals surface area contributed by atoms with Crippen LogP contribution in [0, 0.1) is 5.92 Å². The van der Waals surface area contributed by atoms with Gasteiger partial charge in [0.25, 0.3) is 0 Å². The van der Waals surface area contributed by atoms with Crippen molar-refractivity contribution in [2.45, 2.75) is 25.8 Å². The molecule has 0 saturated carbocycles. The van der Waals surface area contributed by atoms with Crippen LogP contribution in [0.2, 0.25) is 0 Å². The number of likely N-dealkylation sites (N-methyl/N-ethyl adjacent to an activating group) is 1. The van der Waals surface area contributed by atoms with Gasteiger partial charge >= 0.3 is 0 Å². The molecule has 0 radical (unpaired) electrons. The maximum Gasteiger partial charge on any atom is 0.242 e. The lowest BCUT2D eigenvalue weighted by atomic mass is 9.96. The van der Waals surface area contributed by atoms with Crippen LogP contribution in [-0.4, -0.2) is 47.2 Å². The molecule has 0 aliphatic carbocycles. The summed E-state index contributed by atoms with van der Waals surface area (Å²) >= 11 is 0. The number of hydrogen-bond acceptors (Lipinski definition) is 3. The van der Waals surface area contributed by atoms with Gasteiger partial charge in [0.2, 0.25) is 5.91 Å². The van der Waals surface area contributed by atoms with Gasteiger partial charge in [0.15, 0.2) is 0 Å². The standard InChI is InChI=1S/C13H21N3O2/c1-15(6-2-12-3-8-18-9-4-12)13(17)10-16-7-5-14-11-16/h5,7,11-12H,2-4,6,8-10H2,1H3. The lowest BCUT2D eigenvalue weighted by molar-refractivity contribution is -0.130. The average Bonchev–Trinajstić information content (AvgIpc) is 2.90. The van der Waals surface area contributed by atoms with Crippen molar-refractivity contribution in [3.63, 3.8) is 0 Å². The highest BCUT2D eigenvalue weighted by Gasteiger charge is 2.16. The van der Waals surface area contributed by atoms with Gasteiger partial charge < -0.3 is 14.2 Å². The minimum atomic E-state index is 0.139. The molecule has 1 aromatic rings. The predicted molar refractivity (Wildman–Crippen MR) is 68.0 cm³/mol. The summed E-state index contributed by atoms with van der Waals surface area (Å²) in [6.07, 6.45) is 8.51. The summed E-state index contributed by atoms with van der Waals surface area (Å²) in [6.45, 7) is 2.96. The van der Waals surface area contributed by atoms with Crippen LogP contribution in [0.1, 0.15) is 19.3 Å². The highest BCUT2D eigenvalue weighted by atomic mass is 16.5. The summed E-state index contributed by atoms with van der Waals surface area (Å²) in [6, 6.07) is 0. The van der Waals surface area contributed by atoms with Crippen molar-refractivity contribution in [1.29, 1.82) is 0 Å². The molecule has 2 heterocycles. The smallest absolute Gasteiger partial charge is 0.242 e. The molecule has 5 nitrogen and oxygen atoms in total. The zero-order valence-electron chi connectivity index (χ0n) is 10.9. The molecule has 1 aliphatic heterocycles. The van der Waals surface area contributed by atoms with Gasteiger partial charge in [0.05, 0.1) is 6.33 Å². The van der Waals surface area contributed by atoms with Gasteiger partial charge in [-0.2, -0.15) is 0 Å². The van der Waals surface area contributed by atoms with Gasteiger partial charge in [-0.25, -0.2) is 4.98 Å². The van der Waals surface area contributed by atoms with Gasteiger partial charge in [-0.3, -0.25) is 4.79 Å². The minimum absolute atomic E-state index is 0.139. The largest absolute Gasteiger partial charge is 0.381 e. The summed E-state index contributed by atoms with van der Waals surface area (Å²) in [5.41, 5.74) is 0. The molecule has 0 bridgehead atoms. The highest BCUT2D eigenvalue weighted by molar-refractivity contribution is 5.75. The molecule has 18 heavy (non-hydrogen) atoms. The van der Waals surface area contributed by atoms with E-state index in [0.29, 0.717) is 12.5 Å². The molecule has 1 fully saturated rings. The number of nitrogens with zero attached hydrogens (tertiary/aromatic N) is 3. The Balaban J connectivity index is 1.70. The van der Waals surface area contributed by atoms with Crippen LogP contribution in [0.5, 0.6) is 0 Å². The fraction of sp³-hybridized carbons (Fsp3) is 0.692. The molecule has 1 aliphatic rings. The number of hydrogen-bond donors (Lipinski definition) is 0. The Hall–Kier alpha value is -1.36. The van der Waals surface area contributed by atoms with Crippen molar-refractivity contribution in [3.8, 4) is 0 Å². The van der Waals surface area contributed by atoms with Crippen molar-refractivity contribution < 1.29 is 9.53 Å². The summed E-state index contributed by atoms with van der Waals surface area (Å²) in [5.74, 6) is 0.849. The summed E-state index contributed by atoms with van der Waals surface area (Å²) in [5, 5.41) is 0. The molecule has 100 valence electrons. The number of ether oxygens (including phenoxy) is 1. The minimum Gasteiger partial charge on any atom is -0.381 e. The van der Waals surface area contributed by atoms with Gasteiger partial charge in [-0.1, -0.05) is 0 Å². The van der Waals surface area contributed by atoms with E-state index in [1.165, 1.54) is 0 Å². The molecular formula is C13H21N3O2. The summed E-state index contributed by atoms with van der Waals surface area (Å²) in [7, 11) is 1.87. The van der Waals surface area contributed by atoms with Crippen LogP contribution in [0.3, 0.4) is 0 Å². The van der Waals surface area contributed by atoms with E-state index in [-0.39, 0.29) is 5.91 Å². The lowest BCUT2D eigenvalue weighted by Gasteiger charge is -2.25. The molecule has 0 unspecified atom stereocenters. The summed E-state index contributed by atoms with van der Waals surface area (Å²) < 4.78 is 7.13. The molecule has 0 spiro atoms. The van der Waals surface area contributed by atoms with E-state index < -0.39 is 0 Å². The first-order valence-electron chi connectivity index (χ1n) is 6.53. The van der Waals surface area contributed by atoms with Crippen molar-refractivity contribution in [2.75, 3.05) is 26.8 Å². The Morgan fingerprint density at radius 2 is 2.28 bits per heavy atom. The fourth-order valence-electron chi connectivity index (χ4n) is 2.19. The number of carbonyl (C=O) groups excluding carboxylic acids is 1. The second kappa shape index (κ2) is 6.54. The third-order valence-corrected chi connectivity index (χ3v) is 3.52. The van der Waals surface area contributed by atoms with Crippen LogP contribution >= 0.6 is 0 Å². The molecule has 1 saturated heterocycles. The van der Waals surface area contributed by atoms with E-state index in [1.807, 2.05) is 18.1 Å². The number of imidazole rings is 1. The number of rotatable bonds is 5. The van der Waals surface area contributed by atoms with Crippen LogP contribution in [-0.2, 0) is 16.1 Å². The number of aromatic nitrogens is 2. The Kier molecular flexibility index (Phi) is 4.75. The van der Waals surface area contributed by atoms with Crippen LogP contribution in [0.25, 0.3) is 0 Å². The first-order chi connectivity index (χ1) is 8.75. The van der Waals surface area contributed by atoms with Crippen LogP contribution in [0.4, 0.5) is 0 Å². The quantitative estimate of drug-likeness (QED) is 0.789. The van der Waals surface area contributed by atoms with E-state index in [1.54, 1.807) is 17.1 Å². The number of amides is 1. The maximum absolute atomic E-state index is 11.9. The highest BCUT2D eigenvalue weighted by Crippen LogP contribution is 2.18. The Bertz CT molecular complexity index is 358. The molecular weight excluding hydrogens is 230 g/mol. The second-order valence-electron chi connectivity index (χ2n) is 4.89. The molecule has 0 atom stereocenters. The van der Waals surface area contributed by atoms with Crippen molar-refractivity contribution >= 4 is 5.91 Å². The second-order valence-corrected chi connectivity index (χ2v) is 4.89. The molecule has 0 N–H and O–H groups in total. The first-order valence-corrected chi connectivity index (χ1v) is 6.53. The monoisotopic (exact) mass is 251 g/mol. The predicted octanol–water partition coefficient (Wildman–Crippen LogP) is 1.16. The van der Waals surface area contributed by atoms with E-state index in [0.717, 1.165) is 39.0 Å². The zero-order chi connectivity index (χ0) is 12.8. The van der Waals surface area contributed by atoms with Gasteiger partial charge in [0, 0.05) is 39.2 Å². The first kappa shape index (κ1) is 13.1. The Morgan fingerprint density at radius 3 is 2.94 bits per heavy atom. The zero-order valence-corrected chi connectivity index (χ0v) is 10.9. The Morgan fingerprint density at radius 1 is 1.50 bits per heavy atom.